The molecule has 8 rings (SSSR count). The van der Waals surface area contributed by atoms with Crippen LogP contribution < -0.4 is 15.1 Å². The number of halogens is 2. The molecule has 2 saturated heterocycles. The van der Waals surface area contributed by atoms with Crippen LogP contribution in [0.15, 0.2) is 73.2 Å². The van der Waals surface area contributed by atoms with Crippen molar-refractivity contribution in [2.75, 3.05) is 48.0 Å². The number of nitrogens with one attached hydrogen (secondary N) is 1. The Morgan fingerprint density at radius 1 is 0.939 bits per heavy atom. The fourth-order valence-corrected chi connectivity index (χ4v) is 8.21. The minimum atomic E-state index is -0.605. The number of benzene rings is 1. The van der Waals surface area contributed by atoms with Crippen LogP contribution in [0.4, 0.5) is 26.0 Å². The quantitative estimate of drug-likeness (QED) is 0.215. The van der Waals surface area contributed by atoms with Gasteiger partial charge < -0.3 is 19.9 Å². The Labute approximate surface area is 285 Å². The second-order valence-electron chi connectivity index (χ2n) is 12.8. The number of thiophene rings is 1. The maximum absolute atomic E-state index is 15.8. The van der Waals surface area contributed by atoms with Gasteiger partial charge >= 0.3 is 0 Å². The van der Waals surface area contributed by atoms with Crippen molar-refractivity contribution in [3.05, 3.63) is 107 Å². The van der Waals surface area contributed by atoms with Gasteiger partial charge in [0.15, 0.2) is 0 Å². The van der Waals surface area contributed by atoms with E-state index in [0.29, 0.717) is 44.5 Å². The Bertz CT molecular complexity index is 2090. The topological polar surface area (TPSA) is 101 Å². The van der Waals surface area contributed by atoms with Crippen LogP contribution in [-0.4, -0.2) is 59.6 Å². The Hall–Kier alpha value is -5.07. The van der Waals surface area contributed by atoms with Gasteiger partial charge in [0, 0.05) is 73.7 Å². The molecule has 0 unspecified atom stereocenters. The molecule has 7 heterocycles. The number of carbonyl (C=O) groups is 2. The van der Waals surface area contributed by atoms with Crippen LogP contribution in [0.2, 0.25) is 0 Å². The van der Waals surface area contributed by atoms with Crippen molar-refractivity contribution in [3.8, 4) is 21.1 Å². The van der Waals surface area contributed by atoms with Crippen molar-refractivity contribution < 1.29 is 23.1 Å². The lowest BCUT2D eigenvalue weighted by Crippen LogP contribution is -2.59. The molecule has 12 heteroatoms. The molecule has 1 N–H and O–H groups in total. The zero-order chi connectivity index (χ0) is 33.7. The van der Waals surface area contributed by atoms with E-state index in [4.69, 9.17) is 4.74 Å². The van der Waals surface area contributed by atoms with E-state index in [-0.39, 0.29) is 40.8 Å². The first kappa shape index (κ1) is 31.2. The van der Waals surface area contributed by atoms with Crippen LogP contribution in [-0.2, 0) is 11.2 Å². The van der Waals surface area contributed by atoms with E-state index in [1.807, 2.05) is 13.0 Å². The van der Waals surface area contributed by atoms with Crippen LogP contribution in [0, 0.1) is 24.0 Å². The standard InChI is InChI=1S/C37H32F2N6O3S/c1-22-18-26(34(42-19-22)44-20-37(21-44)11-16-48-17-12-37)35(46)43-24-8-6-23(7-9-24)36(47)45-15-10-25-29(39)33(30-27(38)4-2-13-40-30)49-32(25)31-28(45)5-3-14-41-31/h2-9,13-14,18-19H,10-12,15-17,20-21H2,1H3,(H,43,46). The number of anilines is 3. The van der Waals surface area contributed by atoms with Gasteiger partial charge in [-0.1, -0.05) is 0 Å². The van der Waals surface area contributed by atoms with Gasteiger partial charge in [0.25, 0.3) is 11.8 Å². The molecular formula is C37H32F2N6O3S. The lowest BCUT2D eigenvalue weighted by Gasteiger charge is -2.53. The van der Waals surface area contributed by atoms with E-state index in [1.165, 1.54) is 18.3 Å². The van der Waals surface area contributed by atoms with Gasteiger partial charge in [-0.2, -0.15) is 0 Å². The molecule has 0 radical (unpaired) electrons. The first-order valence-corrected chi connectivity index (χ1v) is 17.0. The van der Waals surface area contributed by atoms with E-state index < -0.39 is 11.6 Å². The summed E-state index contributed by atoms with van der Waals surface area (Å²) in [5, 5.41) is 2.98. The minimum absolute atomic E-state index is 0.0468. The van der Waals surface area contributed by atoms with Crippen molar-refractivity contribution in [3.63, 3.8) is 0 Å². The lowest BCUT2D eigenvalue weighted by atomic mass is 9.73. The summed E-state index contributed by atoms with van der Waals surface area (Å²) in [6.07, 6.45) is 7.04. The number of rotatable bonds is 5. The second-order valence-corrected chi connectivity index (χ2v) is 13.9. The van der Waals surface area contributed by atoms with Crippen LogP contribution in [0.5, 0.6) is 0 Å². The van der Waals surface area contributed by atoms with Gasteiger partial charge in [-0.15, -0.1) is 11.3 Å². The highest BCUT2D eigenvalue weighted by molar-refractivity contribution is 7.19. The fraction of sp³-hybridized carbons (Fsp3) is 0.270. The molecule has 0 aliphatic carbocycles. The molecule has 248 valence electrons. The molecule has 2 fully saturated rings. The molecular weight excluding hydrogens is 647 g/mol. The smallest absolute Gasteiger partial charge is 0.259 e. The summed E-state index contributed by atoms with van der Waals surface area (Å²) in [6.45, 7) is 5.34. The number of amides is 2. The van der Waals surface area contributed by atoms with Crippen LogP contribution >= 0.6 is 11.3 Å². The third-order valence-electron chi connectivity index (χ3n) is 9.58. The average molecular weight is 679 g/mol. The number of ether oxygens (including phenoxy) is 1. The number of nitrogens with zero attached hydrogens (tertiary/aromatic N) is 5. The van der Waals surface area contributed by atoms with Gasteiger partial charge in [0.2, 0.25) is 0 Å². The van der Waals surface area contributed by atoms with Gasteiger partial charge in [-0.3, -0.25) is 19.6 Å². The molecule has 4 aromatic heterocycles. The van der Waals surface area contributed by atoms with E-state index in [2.05, 4.69) is 25.2 Å². The van der Waals surface area contributed by atoms with Gasteiger partial charge in [0.1, 0.15) is 28.8 Å². The van der Waals surface area contributed by atoms with E-state index in [0.717, 1.165) is 56.0 Å². The third kappa shape index (κ3) is 5.64. The zero-order valence-electron chi connectivity index (χ0n) is 26.7. The highest BCUT2D eigenvalue weighted by atomic mass is 32.1. The predicted octanol–water partition coefficient (Wildman–Crippen LogP) is 6.93. The molecule has 1 aromatic carbocycles. The summed E-state index contributed by atoms with van der Waals surface area (Å²) in [5.41, 5.74) is 3.87. The first-order valence-electron chi connectivity index (χ1n) is 16.2. The highest BCUT2D eigenvalue weighted by Crippen LogP contribution is 2.46. The Kier molecular flexibility index (Phi) is 7.92. The minimum Gasteiger partial charge on any atom is -0.381 e. The lowest BCUT2D eigenvalue weighted by molar-refractivity contribution is -0.000510. The summed E-state index contributed by atoms with van der Waals surface area (Å²) in [5.74, 6) is -1.05. The summed E-state index contributed by atoms with van der Waals surface area (Å²) in [7, 11) is 0. The van der Waals surface area contributed by atoms with Crippen molar-refractivity contribution in [2.24, 2.45) is 5.41 Å². The molecule has 49 heavy (non-hydrogen) atoms. The molecule has 9 nitrogen and oxygen atoms in total. The number of hydrogen-bond donors (Lipinski definition) is 1. The molecule has 0 atom stereocenters. The number of carbonyl (C=O) groups excluding carboxylic acids is 2. The SMILES string of the molecule is Cc1cnc(N2CC3(CCOCC3)C2)c(C(=O)Nc2ccc(C(=O)N3CCc4c(sc(-c5ncccc5F)c4F)-c4ncccc43)cc2)c1. The number of fused-ring (bicyclic) bond motifs is 3. The van der Waals surface area contributed by atoms with Gasteiger partial charge in [-0.05, 0) is 86.3 Å². The van der Waals surface area contributed by atoms with Crippen molar-refractivity contribution in [2.45, 2.75) is 26.2 Å². The van der Waals surface area contributed by atoms with Crippen LogP contribution in [0.1, 0.15) is 44.7 Å². The summed E-state index contributed by atoms with van der Waals surface area (Å²) in [6, 6.07) is 14.8. The number of aryl methyl sites for hydroxylation is 1. The Morgan fingerprint density at radius 3 is 2.43 bits per heavy atom. The normalized spacial score (nSPS) is 16.4. The molecule has 2 amide bonds. The van der Waals surface area contributed by atoms with Crippen LogP contribution in [0.25, 0.3) is 21.1 Å². The van der Waals surface area contributed by atoms with E-state index in [1.54, 1.807) is 53.7 Å². The highest BCUT2D eigenvalue weighted by Gasteiger charge is 2.45. The largest absolute Gasteiger partial charge is 0.381 e. The Morgan fingerprint density at radius 2 is 1.67 bits per heavy atom. The van der Waals surface area contributed by atoms with Crippen molar-refractivity contribution >= 4 is 40.3 Å². The van der Waals surface area contributed by atoms with Gasteiger partial charge in [-0.25, -0.2) is 13.8 Å². The van der Waals surface area contributed by atoms with Crippen molar-refractivity contribution in [1.82, 2.24) is 15.0 Å². The van der Waals surface area contributed by atoms with Gasteiger partial charge in [0.05, 0.1) is 21.0 Å². The summed E-state index contributed by atoms with van der Waals surface area (Å²) in [4.78, 5) is 45.1. The third-order valence-corrected chi connectivity index (χ3v) is 10.8. The Balaban J connectivity index is 1.01. The van der Waals surface area contributed by atoms with E-state index >= 15 is 4.39 Å². The molecule has 1 spiro atoms. The molecule has 0 bridgehead atoms. The number of hydrogen-bond acceptors (Lipinski definition) is 8. The fourth-order valence-electron chi connectivity index (χ4n) is 6.97. The molecule has 5 aromatic rings. The van der Waals surface area contributed by atoms with Crippen molar-refractivity contribution in [1.29, 1.82) is 0 Å². The number of pyridine rings is 3. The average Bonchev–Trinajstić information content (AvgIpc) is 3.33. The zero-order valence-corrected chi connectivity index (χ0v) is 27.5. The maximum Gasteiger partial charge on any atom is 0.259 e. The monoisotopic (exact) mass is 678 g/mol. The van der Waals surface area contributed by atoms with E-state index in [9.17, 15) is 14.0 Å². The predicted molar refractivity (Wildman–Crippen MR) is 184 cm³/mol. The maximum atomic E-state index is 15.8. The van der Waals surface area contributed by atoms with Crippen LogP contribution in [0.3, 0.4) is 0 Å². The first-order chi connectivity index (χ1) is 23.8. The molecule has 0 saturated carbocycles. The second kappa shape index (κ2) is 12.4. The molecule has 3 aliphatic rings. The number of aromatic nitrogens is 3. The summed E-state index contributed by atoms with van der Waals surface area (Å²) >= 11 is 1.08. The molecule has 3 aliphatic heterocycles. The summed E-state index contributed by atoms with van der Waals surface area (Å²) < 4.78 is 35.9.